The van der Waals surface area contributed by atoms with E-state index in [4.69, 9.17) is 4.74 Å². The highest BCUT2D eigenvalue weighted by atomic mass is 16.5. The van der Waals surface area contributed by atoms with Crippen molar-refractivity contribution in [1.29, 1.82) is 0 Å². The largest absolute Gasteiger partial charge is 0.385 e. The summed E-state index contributed by atoms with van der Waals surface area (Å²) < 4.78 is 6.99. The van der Waals surface area contributed by atoms with Crippen LogP contribution in [0.5, 0.6) is 0 Å². The third-order valence-electron chi connectivity index (χ3n) is 5.99. The van der Waals surface area contributed by atoms with Crippen molar-refractivity contribution in [3.8, 4) is 0 Å². The zero-order valence-electron chi connectivity index (χ0n) is 16.7. The maximum Gasteiger partial charge on any atom is 0.137 e. The van der Waals surface area contributed by atoms with Gasteiger partial charge in [0.1, 0.15) is 18.2 Å². The highest BCUT2D eigenvalue weighted by Gasteiger charge is 2.30. The van der Waals surface area contributed by atoms with Crippen molar-refractivity contribution in [2.75, 3.05) is 60.0 Å². The molecule has 2 aliphatic rings. The van der Waals surface area contributed by atoms with E-state index in [2.05, 4.69) is 26.7 Å². The van der Waals surface area contributed by atoms with Crippen LogP contribution in [0.25, 0.3) is 0 Å². The van der Waals surface area contributed by atoms with Gasteiger partial charge in [0.05, 0.1) is 6.61 Å². The summed E-state index contributed by atoms with van der Waals surface area (Å²) in [5.74, 6) is 0.596. The summed E-state index contributed by atoms with van der Waals surface area (Å²) in [4.78, 5) is 11.3. The van der Waals surface area contributed by atoms with Gasteiger partial charge in [-0.25, -0.2) is 4.98 Å². The molecule has 3 rings (SSSR count). The smallest absolute Gasteiger partial charge is 0.137 e. The van der Waals surface area contributed by atoms with Crippen molar-refractivity contribution in [1.82, 2.24) is 24.3 Å². The van der Waals surface area contributed by atoms with E-state index in [1.54, 1.807) is 13.3 Å². The number of nitrogens with zero attached hydrogens (tertiary/aromatic N) is 5. The second kappa shape index (κ2) is 9.95. The van der Waals surface area contributed by atoms with Gasteiger partial charge in [-0.1, -0.05) is 0 Å². The van der Waals surface area contributed by atoms with E-state index in [9.17, 15) is 10.2 Å². The van der Waals surface area contributed by atoms with Crippen LogP contribution in [0.15, 0.2) is 12.4 Å². The Morgan fingerprint density at radius 2 is 1.85 bits per heavy atom. The lowest BCUT2D eigenvalue weighted by Gasteiger charge is -2.43. The Kier molecular flexibility index (Phi) is 7.63. The zero-order chi connectivity index (χ0) is 19.2. The average Bonchev–Trinajstić information content (AvgIpc) is 3.16. The number of likely N-dealkylation sites (N-methyl/N-ethyl adjacent to an activating group) is 1. The molecule has 2 saturated heterocycles. The first-order valence-electron chi connectivity index (χ1n) is 10.1. The lowest BCUT2D eigenvalue weighted by molar-refractivity contribution is -0.0550. The van der Waals surface area contributed by atoms with Crippen LogP contribution in [0.3, 0.4) is 0 Å². The number of hydrogen-bond acceptors (Lipinski definition) is 7. The molecule has 0 saturated carbocycles. The average molecular weight is 382 g/mol. The fourth-order valence-corrected chi connectivity index (χ4v) is 4.19. The zero-order valence-corrected chi connectivity index (χ0v) is 16.7. The van der Waals surface area contributed by atoms with Gasteiger partial charge in [0.2, 0.25) is 0 Å². The molecule has 2 unspecified atom stereocenters. The molecule has 0 bridgehead atoms. The van der Waals surface area contributed by atoms with E-state index in [1.807, 2.05) is 10.8 Å². The van der Waals surface area contributed by atoms with Crippen molar-refractivity contribution >= 4 is 0 Å². The molecule has 154 valence electrons. The number of imidazole rings is 1. The predicted molar refractivity (Wildman–Crippen MR) is 103 cm³/mol. The number of piperazine rings is 1. The van der Waals surface area contributed by atoms with Crippen LogP contribution in [0.4, 0.5) is 0 Å². The lowest BCUT2D eigenvalue weighted by atomic mass is 10.0. The van der Waals surface area contributed by atoms with Crippen LogP contribution in [-0.4, -0.2) is 107 Å². The van der Waals surface area contributed by atoms with Gasteiger partial charge >= 0.3 is 0 Å². The topological polar surface area (TPSA) is 77.2 Å². The third kappa shape index (κ3) is 5.49. The van der Waals surface area contributed by atoms with Gasteiger partial charge in [-0.05, 0) is 19.9 Å². The standard InChI is InChI=1S/C19H35N5O3/c1-21-9-11-22(12-10-21)16-3-6-23(7-4-16)18(26)15-17(25)19-20-5-8-24(19)13-14-27-2/h5,8,16-18,25-26H,3-4,6-7,9-15H2,1-2H3. The number of hydrogen-bond donors (Lipinski definition) is 2. The first-order chi connectivity index (χ1) is 13.1. The number of ether oxygens (including phenoxy) is 1. The molecule has 0 aliphatic carbocycles. The molecule has 0 amide bonds. The van der Waals surface area contributed by atoms with Gasteiger partial charge in [-0.2, -0.15) is 0 Å². The molecule has 27 heavy (non-hydrogen) atoms. The highest BCUT2D eigenvalue weighted by Crippen LogP contribution is 2.23. The van der Waals surface area contributed by atoms with Gasteiger partial charge in [0, 0.05) is 77.8 Å². The van der Waals surface area contributed by atoms with Crippen LogP contribution < -0.4 is 0 Å². The summed E-state index contributed by atoms with van der Waals surface area (Å²) in [6.45, 7) is 7.55. The molecule has 2 aliphatic heterocycles. The number of rotatable bonds is 8. The minimum atomic E-state index is -0.776. The summed E-state index contributed by atoms with van der Waals surface area (Å²) in [5, 5.41) is 21.2. The lowest BCUT2D eigenvalue weighted by Crippen LogP contribution is -2.53. The monoisotopic (exact) mass is 381 g/mol. The minimum Gasteiger partial charge on any atom is -0.385 e. The van der Waals surface area contributed by atoms with E-state index >= 15 is 0 Å². The summed E-state index contributed by atoms with van der Waals surface area (Å²) >= 11 is 0. The number of aliphatic hydroxyl groups is 2. The third-order valence-corrected chi connectivity index (χ3v) is 5.99. The number of methoxy groups -OCH3 is 1. The van der Waals surface area contributed by atoms with Gasteiger partial charge in [0.15, 0.2) is 0 Å². The Balaban J connectivity index is 1.45. The summed E-state index contributed by atoms with van der Waals surface area (Å²) in [7, 11) is 3.84. The first kappa shape index (κ1) is 20.7. The van der Waals surface area contributed by atoms with E-state index in [0.717, 1.165) is 52.1 Å². The SMILES string of the molecule is COCCn1ccnc1C(O)CC(O)N1CCC(N2CCN(C)CC2)CC1. The van der Waals surface area contributed by atoms with Crippen molar-refractivity contribution in [3.05, 3.63) is 18.2 Å². The van der Waals surface area contributed by atoms with Crippen LogP contribution in [0.1, 0.15) is 31.2 Å². The molecule has 0 spiro atoms. The van der Waals surface area contributed by atoms with Crippen molar-refractivity contribution < 1.29 is 14.9 Å². The number of aromatic nitrogens is 2. The Bertz CT molecular complexity index is 553. The molecule has 8 heteroatoms. The summed E-state index contributed by atoms with van der Waals surface area (Å²) in [5.41, 5.74) is 0. The van der Waals surface area contributed by atoms with Gasteiger partial charge in [0.25, 0.3) is 0 Å². The Morgan fingerprint density at radius 3 is 2.52 bits per heavy atom. The Hall–Kier alpha value is -1.03. The highest BCUT2D eigenvalue weighted by molar-refractivity contribution is 4.97. The van der Waals surface area contributed by atoms with Crippen LogP contribution in [0.2, 0.25) is 0 Å². The molecule has 2 N–H and O–H groups in total. The maximum absolute atomic E-state index is 10.6. The predicted octanol–water partition coefficient (Wildman–Crippen LogP) is -0.0168. The van der Waals surface area contributed by atoms with Crippen LogP contribution in [-0.2, 0) is 11.3 Å². The normalized spacial score (nSPS) is 23.6. The van der Waals surface area contributed by atoms with Gasteiger partial charge < -0.3 is 24.4 Å². The quantitative estimate of drug-likeness (QED) is 0.655. The molecule has 2 fully saturated rings. The molecule has 2 atom stereocenters. The van der Waals surface area contributed by atoms with E-state index in [-0.39, 0.29) is 6.42 Å². The fraction of sp³-hybridized carbons (Fsp3) is 0.842. The van der Waals surface area contributed by atoms with Crippen LogP contribution in [0, 0.1) is 0 Å². The molecule has 0 radical (unpaired) electrons. The number of likely N-dealkylation sites (tertiary alicyclic amines) is 1. The van der Waals surface area contributed by atoms with E-state index in [0.29, 0.717) is 25.0 Å². The molecular formula is C19H35N5O3. The molecule has 3 heterocycles. The van der Waals surface area contributed by atoms with Gasteiger partial charge in [-0.3, -0.25) is 9.80 Å². The summed E-state index contributed by atoms with van der Waals surface area (Å²) in [6, 6.07) is 0.625. The second-order valence-corrected chi connectivity index (χ2v) is 7.81. The number of aliphatic hydroxyl groups excluding tert-OH is 2. The van der Waals surface area contributed by atoms with Crippen LogP contribution >= 0.6 is 0 Å². The second-order valence-electron chi connectivity index (χ2n) is 7.81. The Morgan fingerprint density at radius 1 is 1.15 bits per heavy atom. The Labute approximate surface area is 162 Å². The van der Waals surface area contributed by atoms with Crippen molar-refractivity contribution in [2.45, 2.75) is 44.2 Å². The van der Waals surface area contributed by atoms with E-state index in [1.165, 1.54) is 0 Å². The van der Waals surface area contributed by atoms with Crippen molar-refractivity contribution in [2.24, 2.45) is 0 Å². The first-order valence-corrected chi connectivity index (χ1v) is 10.1. The number of piperidine rings is 1. The minimum absolute atomic E-state index is 0.281. The summed E-state index contributed by atoms with van der Waals surface area (Å²) in [6.07, 6.45) is 4.55. The molecule has 0 aromatic carbocycles. The molecular weight excluding hydrogens is 346 g/mol. The van der Waals surface area contributed by atoms with Crippen molar-refractivity contribution in [3.63, 3.8) is 0 Å². The fourth-order valence-electron chi connectivity index (χ4n) is 4.19. The maximum atomic E-state index is 10.6. The van der Waals surface area contributed by atoms with E-state index < -0.39 is 12.3 Å². The molecule has 1 aromatic rings. The molecule has 8 nitrogen and oxygen atoms in total. The molecule has 1 aromatic heterocycles. The van der Waals surface area contributed by atoms with Gasteiger partial charge in [-0.15, -0.1) is 0 Å².